The number of fused-ring (bicyclic) bond motifs is 1. The molecule has 3 rings (SSSR count). The predicted molar refractivity (Wildman–Crippen MR) is 106 cm³/mol. The van der Waals surface area contributed by atoms with E-state index in [4.69, 9.17) is 0 Å². The molecule has 2 amide bonds. The Hall–Kier alpha value is -2.67. The maximum atomic E-state index is 12.4. The zero-order valence-corrected chi connectivity index (χ0v) is 16.7. The Bertz CT molecular complexity index is 968. The number of hydrogen-bond acceptors (Lipinski definition) is 4. The minimum Gasteiger partial charge on any atom is -0.356 e. The molecule has 0 aliphatic carbocycles. The van der Waals surface area contributed by atoms with Crippen LogP contribution in [0.3, 0.4) is 0 Å². The highest BCUT2D eigenvalue weighted by Crippen LogP contribution is 2.29. The van der Waals surface area contributed by atoms with Crippen LogP contribution in [0, 0.1) is 6.92 Å². The van der Waals surface area contributed by atoms with E-state index in [1.807, 2.05) is 6.92 Å². The molecule has 0 unspecified atom stereocenters. The highest BCUT2D eigenvalue weighted by molar-refractivity contribution is 7.90. The molecule has 6 nitrogen and oxygen atoms in total. The lowest BCUT2D eigenvalue weighted by Gasteiger charge is -2.14. The molecule has 7 heteroatoms. The van der Waals surface area contributed by atoms with Crippen LogP contribution in [0.15, 0.2) is 53.4 Å². The van der Waals surface area contributed by atoms with Crippen molar-refractivity contribution in [3.8, 4) is 0 Å². The lowest BCUT2D eigenvalue weighted by Crippen LogP contribution is -2.32. The number of carbonyl (C=O) groups is 2. The number of rotatable bonds is 8. The Morgan fingerprint density at radius 3 is 2.46 bits per heavy atom. The summed E-state index contributed by atoms with van der Waals surface area (Å²) in [5.41, 5.74) is 2.65. The highest BCUT2D eigenvalue weighted by Gasteiger charge is 2.40. The van der Waals surface area contributed by atoms with Gasteiger partial charge in [0.1, 0.15) is 4.90 Å². The van der Waals surface area contributed by atoms with Gasteiger partial charge in [-0.05, 0) is 43.9 Å². The molecule has 148 valence electrons. The summed E-state index contributed by atoms with van der Waals surface area (Å²) in [4.78, 5) is 24.3. The van der Waals surface area contributed by atoms with Crippen LogP contribution in [0.5, 0.6) is 0 Å². The van der Waals surface area contributed by atoms with Crippen molar-refractivity contribution in [1.29, 1.82) is 0 Å². The fraction of sp³-hybridized carbons (Fsp3) is 0.333. The lowest BCUT2D eigenvalue weighted by molar-refractivity contribution is -0.121. The van der Waals surface area contributed by atoms with Crippen LogP contribution in [-0.2, 0) is 21.2 Å². The SMILES string of the molecule is Cc1ccc(CCCNC(=O)CCCN2C(=O)c3ccccc3S2(=O)=O)cc1. The monoisotopic (exact) mass is 400 g/mol. The molecule has 0 spiro atoms. The van der Waals surface area contributed by atoms with Crippen molar-refractivity contribution in [2.45, 2.75) is 37.5 Å². The van der Waals surface area contributed by atoms with Gasteiger partial charge in [-0.3, -0.25) is 9.59 Å². The second kappa shape index (κ2) is 8.56. The summed E-state index contributed by atoms with van der Waals surface area (Å²) >= 11 is 0. The summed E-state index contributed by atoms with van der Waals surface area (Å²) < 4.78 is 25.7. The van der Waals surface area contributed by atoms with Crippen molar-refractivity contribution in [3.63, 3.8) is 0 Å². The highest BCUT2D eigenvalue weighted by atomic mass is 32.2. The third kappa shape index (κ3) is 4.42. The van der Waals surface area contributed by atoms with Crippen LogP contribution < -0.4 is 5.32 Å². The van der Waals surface area contributed by atoms with Gasteiger partial charge in [0.2, 0.25) is 5.91 Å². The van der Waals surface area contributed by atoms with Crippen LogP contribution in [0.4, 0.5) is 0 Å². The van der Waals surface area contributed by atoms with Gasteiger partial charge in [0.25, 0.3) is 15.9 Å². The Kier molecular flexibility index (Phi) is 6.14. The van der Waals surface area contributed by atoms with Crippen molar-refractivity contribution in [1.82, 2.24) is 9.62 Å². The second-order valence-electron chi connectivity index (χ2n) is 6.92. The van der Waals surface area contributed by atoms with Crippen molar-refractivity contribution < 1.29 is 18.0 Å². The summed E-state index contributed by atoms with van der Waals surface area (Å²) in [5.74, 6) is -0.653. The third-order valence-electron chi connectivity index (χ3n) is 4.76. The number of nitrogens with zero attached hydrogens (tertiary/aromatic N) is 1. The number of sulfonamides is 1. The molecule has 1 aliphatic rings. The molecule has 0 fully saturated rings. The average molecular weight is 401 g/mol. The average Bonchev–Trinajstić information content (AvgIpc) is 2.87. The summed E-state index contributed by atoms with van der Waals surface area (Å²) in [5, 5.41) is 2.85. The Labute approximate surface area is 165 Å². The van der Waals surface area contributed by atoms with Crippen molar-refractivity contribution in [2.24, 2.45) is 0 Å². The van der Waals surface area contributed by atoms with Crippen LogP contribution in [-0.4, -0.2) is 37.6 Å². The van der Waals surface area contributed by atoms with Gasteiger partial charge in [0.05, 0.1) is 5.56 Å². The molecule has 0 aromatic heterocycles. The van der Waals surface area contributed by atoms with Crippen LogP contribution in [0.1, 0.15) is 40.7 Å². The van der Waals surface area contributed by atoms with Crippen molar-refractivity contribution in [3.05, 3.63) is 65.2 Å². The normalized spacial score (nSPS) is 14.8. The first kappa shape index (κ1) is 20.1. The molecule has 28 heavy (non-hydrogen) atoms. The number of benzene rings is 2. The molecule has 1 N–H and O–H groups in total. The largest absolute Gasteiger partial charge is 0.356 e. The molecule has 1 aliphatic heterocycles. The first-order valence-electron chi connectivity index (χ1n) is 9.38. The fourth-order valence-corrected chi connectivity index (χ4v) is 4.81. The third-order valence-corrected chi connectivity index (χ3v) is 6.60. The molecule has 0 bridgehead atoms. The van der Waals surface area contributed by atoms with Gasteiger partial charge in [0, 0.05) is 19.5 Å². The van der Waals surface area contributed by atoms with Crippen LogP contribution in [0.2, 0.25) is 0 Å². The molecule has 0 saturated heterocycles. The fourth-order valence-electron chi connectivity index (χ4n) is 3.20. The molecule has 0 saturated carbocycles. The minimum absolute atomic E-state index is 0.00658. The van der Waals surface area contributed by atoms with Gasteiger partial charge >= 0.3 is 0 Å². The number of carbonyl (C=O) groups excluding carboxylic acids is 2. The van der Waals surface area contributed by atoms with Gasteiger partial charge in [-0.25, -0.2) is 12.7 Å². The topological polar surface area (TPSA) is 83.6 Å². The standard InChI is InChI=1S/C21H24N2O4S/c1-16-10-12-17(13-11-16)6-4-14-22-20(24)9-5-15-23-21(25)18-7-2-3-8-19(18)28(23,26)27/h2-3,7-8,10-13H,4-6,9,14-15H2,1H3,(H,22,24). The second-order valence-corrected chi connectivity index (χ2v) is 8.75. The van der Waals surface area contributed by atoms with Gasteiger partial charge < -0.3 is 5.32 Å². The zero-order chi connectivity index (χ0) is 20.1. The minimum atomic E-state index is -3.80. The summed E-state index contributed by atoms with van der Waals surface area (Å²) in [6.45, 7) is 2.62. The van der Waals surface area contributed by atoms with Crippen molar-refractivity contribution >= 4 is 21.8 Å². The van der Waals surface area contributed by atoms with Gasteiger partial charge in [0.15, 0.2) is 0 Å². The van der Waals surface area contributed by atoms with E-state index in [1.165, 1.54) is 23.3 Å². The van der Waals surface area contributed by atoms with E-state index in [2.05, 4.69) is 29.6 Å². The zero-order valence-electron chi connectivity index (χ0n) is 15.8. The van der Waals surface area contributed by atoms with Gasteiger partial charge in [-0.2, -0.15) is 0 Å². The maximum Gasteiger partial charge on any atom is 0.269 e. The first-order valence-corrected chi connectivity index (χ1v) is 10.8. The number of hydrogen-bond donors (Lipinski definition) is 1. The first-order chi connectivity index (χ1) is 13.4. The maximum absolute atomic E-state index is 12.4. The summed E-state index contributed by atoms with van der Waals surface area (Å²) in [7, 11) is -3.80. The molecular weight excluding hydrogens is 376 g/mol. The van der Waals surface area contributed by atoms with E-state index < -0.39 is 15.9 Å². The van der Waals surface area contributed by atoms with E-state index in [0.29, 0.717) is 13.0 Å². The van der Waals surface area contributed by atoms with E-state index in [1.54, 1.807) is 12.1 Å². The summed E-state index contributed by atoms with van der Waals surface area (Å²) in [6, 6.07) is 14.5. The summed E-state index contributed by atoms with van der Waals surface area (Å²) in [6.07, 6.45) is 2.20. The van der Waals surface area contributed by atoms with Crippen molar-refractivity contribution in [2.75, 3.05) is 13.1 Å². The van der Waals surface area contributed by atoms with Crippen LogP contribution in [0.25, 0.3) is 0 Å². The van der Waals surface area contributed by atoms with E-state index in [9.17, 15) is 18.0 Å². The van der Waals surface area contributed by atoms with Gasteiger partial charge in [-0.1, -0.05) is 42.0 Å². The molecule has 0 atom stereocenters. The molecular formula is C21H24N2O4S. The van der Waals surface area contributed by atoms with Gasteiger partial charge in [-0.15, -0.1) is 0 Å². The van der Waals surface area contributed by atoms with E-state index in [-0.39, 0.29) is 29.3 Å². The molecule has 2 aromatic rings. The Balaban J connectivity index is 1.40. The quantitative estimate of drug-likeness (QED) is 0.691. The smallest absolute Gasteiger partial charge is 0.269 e. The number of nitrogens with one attached hydrogen (secondary N) is 1. The molecule has 2 aromatic carbocycles. The molecule has 1 heterocycles. The Morgan fingerprint density at radius 2 is 1.75 bits per heavy atom. The van der Waals surface area contributed by atoms with E-state index in [0.717, 1.165) is 17.1 Å². The molecule has 0 radical (unpaired) electrons. The van der Waals surface area contributed by atoms with E-state index >= 15 is 0 Å². The van der Waals surface area contributed by atoms with Crippen LogP contribution >= 0.6 is 0 Å². The number of amides is 2. The number of aryl methyl sites for hydroxylation is 2. The Morgan fingerprint density at radius 1 is 1.04 bits per heavy atom. The lowest BCUT2D eigenvalue weighted by atomic mass is 10.1. The predicted octanol–water partition coefficient (Wildman–Crippen LogP) is 2.67.